The van der Waals surface area contributed by atoms with Gasteiger partial charge in [-0.1, -0.05) is 31.4 Å². The Morgan fingerprint density at radius 2 is 2.05 bits per heavy atom. The first-order valence-corrected chi connectivity index (χ1v) is 7.58. The first-order valence-electron chi connectivity index (χ1n) is 7.58. The third-order valence-electron chi connectivity index (χ3n) is 4.76. The highest BCUT2D eigenvalue weighted by Gasteiger charge is 2.34. The third-order valence-corrected chi connectivity index (χ3v) is 4.76. The van der Waals surface area contributed by atoms with Gasteiger partial charge in [0.15, 0.2) is 0 Å². The molecule has 0 radical (unpaired) electrons. The molecule has 2 nitrogen and oxygen atoms in total. The Morgan fingerprint density at radius 1 is 1.21 bits per heavy atom. The molecular weight excluding hydrogens is 236 g/mol. The topological polar surface area (TPSA) is 29.5 Å². The van der Waals surface area contributed by atoms with Crippen molar-refractivity contribution in [2.75, 3.05) is 0 Å². The average Bonchev–Trinajstić information content (AvgIpc) is 2.39. The molecule has 1 aromatic carbocycles. The molecule has 3 rings (SSSR count). The SMILES string of the molecule is Cc1ccc2c(c1)[C@@H](O)CC(C1CCCC(C)C1)O2. The number of hydrogen-bond donors (Lipinski definition) is 1. The van der Waals surface area contributed by atoms with Gasteiger partial charge < -0.3 is 9.84 Å². The van der Waals surface area contributed by atoms with Crippen molar-refractivity contribution in [3.05, 3.63) is 29.3 Å². The summed E-state index contributed by atoms with van der Waals surface area (Å²) in [5.41, 5.74) is 2.16. The summed E-state index contributed by atoms with van der Waals surface area (Å²) in [5, 5.41) is 10.4. The van der Waals surface area contributed by atoms with Crippen LogP contribution in [0.15, 0.2) is 18.2 Å². The van der Waals surface area contributed by atoms with Crippen LogP contribution in [-0.2, 0) is 0 Å². The molecule has 1 saturated carbocycles. The Bertz CT molecular complexity index is 455. The predicted octanol–water partition coefficient (Wildman–Crippen LogP) is 4.01. The third kappa shape index (κ3) is 2.64. The molecule has 3 unspecified atom stereocenters. The maximum atomic E-state index is 10.4. The second-order valence-corrected chi connectivity index (χ2v) is 6.48. The number of hydrogen-bond acceptors (Lipinski definition) is 2. The van der Waals surface area contributed by atoms with E-state index in [0.29, 0.717) is 5.92 Å². The van der Waals surface area contributed by atoms with E-state index in [4.69, 9.17) is 4.74 Å². The fourth-order valence-electron chi connectivity index (χ4n) is 3.70. The minimum atomic E-state index is -0.356. The monoisotopic (exact) mass is 260 g/mol. The second kappa shape index (κ2) is 5.16. The molecule has 0 aromatic heterocycles. The number of aliphatic hydroxyl groups excluding tert-OH is 1. The van der Waals surface area contributed by atoms with Gasteiger partial charge in [0.1, 0.15) is 11.9 Å². The van der Waals surface area contributed by atoms with E-state index in [-0.39, 0.29) is 12.2 Å². The van der Waals surface area contributed by atoms with Gasteiger partial charge in [0.25, 0.3) is 0 Å². The summed E-state index contributed by atoms with van der Waals surface area (Å²) < 4.78 is 6.19. The molecule has 0 amide bonds. The van der Waals surface area contributed by atoms with E-state index in [0.717, 1.165) is 23.7 Å². The summed E-state index contributed by atoms with van der Waals surface area (Å²) in [4.78, 5) is 0. The van der Waals surface area contributed by atoms with Crippen molar-refractivity contribution < 1.29 is 9.84 Å². The summed E-state index contributed by atoms with van der Waals surface area (Å²) in [6.07, 6.45) is 5.76. The van der Waals surface area contributed by atoms with Crippen LogP contribution in [0.5, 0.6) is 5.75 Å². The molecule has 1 aromatic rings. The zero-order valence-electron chi connectivity index (χ0n) is 11.9. The zero-order chi connectivity index (χ0) is 13.4. The molecule has 1 N–H and O–H groups in total. The Kier molecular flexibility index (Phi) is 3.53. The highest BCUT2D eigenvalue weighted by Crippen LogP contribution is 2.41. The standard InChI is InChI=1S/C17H24O2/c1-11-4-3-5-13(8-11)17-10-15(18)14-9-12(2)6-7-16(14)19-17/h6-7,9,11,13,15,17-18H,3-5,8,10H2,1-2H3/t11?,13?,15-,17?/m0/s1. The smallest absolute Gasteiger partial charge is 0.125 e. The quantitative estimate of drug-likeness (QED) is 0.827. The van der Waals surface area contributed by atoms with Gasteiger partial charge in [0.05, 0.1) is 6.10 Å². The molecule has 0 saturated heterocycles. The molecule has 19 heavy (non-hydrogen) atoms. The molecule has 1 aliphatic carbocycles. The van der Waals surface area contributed by atoms with Gasteiger partial charge >= 0.3 is 0 Å². The number of aliphatic hydroxyl groups is 1. The van der Waals surface area contributed by atoms with Gasteiger partial charge in [-0.05, 0) is 43.7 Å². The lowest BCUT2D eigenvalue weighted by Gasteiger charge is -2.38. The van der Waals surface area contributed by atoms with Crippen LogP contribution in [0.2, 0.25) is 0 Å². The van der Waals surface area contributed by atoms with Crippen LogP contribution in [0, 0.1) is 18.8 Å². The average molecular weight is 260 g/mol. The Hall–Kier alpha value is -1.02. The van der Waals surface area contributed by atoms with Crippen LogP contribution >= 0.6 is 0 Å². The van der Waals surface area contributed by atoms with E-state index in [1.165, 1.54) is 31.2 Å². The van der Waals surface area contributed by atoms with Crippen LogP contribution in [0.4, 0.5) is 0 Å². The van der Waals surface area contributed by atoms with Crippen molar-refractivity contribution in [1.82, 2.24) is 0 Å². The van der Waals surface area contributed by atoms with E-state index in [9.17, 15) is 5.11 Å². The number of aryl methyl sites for hydroxylation is 1. The lowest BCUT2D eigenvalue weighted by molar-refractivity contribution is 0.0171. The normalized spacial score (nSPS) is 34.5. The molecule has 4 atom stereocenters. The lowest BCUT2D eigenvalue weighted by Crippen LogP contribution is -2.35. The number of fused-ring (bicyclic) bond motifs is 1. The molecule has 0 bridgehead atoms. The van der Waals surface area contributed by atoms with Crippen LogP contribution in [0.1, 0.15) is 56.3 Å². The number of ether oxygens (including phenoxy) is 1. The summed E-state index contributed by atoms with van der Waals surface area (Å²) in [6.45, 7) is 4.39. The minimum Gasteiger partial charge on any atom is -0.490 e. The Morgan fingerprint density at radius 3 is 2.84 bits per heavy atom. The molecule has 1 heterocycles. The van der Waals surface area contributed by atoms with E-state index in [1.54, 1.807) is 0 Å². The van der Waals surface area contributed by atoms with Crippen molar-refractivity contribution in [3.8, 4) is 5.75 Å². The maximum Gasteiger partial charge on any atom is 0.125 e. The zero-order valence-corrected chi connectivity index (χ0v) is 11.9. The second-order valence-electron chi connectivity index (χ2n) is 6.48. The van der Waals surface area contributed by atoms with E-state index < -0.39 is 0 Å². The maximum absolute atomic E-state index is 10.4. The minimum absolute atomic E-state index is 0.202. The Balaban J connectivity index is 1.79. The van der Waals surface area contributed by atoms with Gasteiger partial charge in [0, 0.05) is 12.0 Å². The molecule has 1 aliphatic heterocycles. The summed E-state index contributed by atoms with van der Waals surface area (Å²) in [7, 11) is 0. The van der Waals surface area contributed by atoms with Crippen molar-refractivity contribution in [2.45, 2.75) is 58.2 Å². The van der Waals surface area contributed by atoms with Gasteiger partial charge in [-0.15, -0.1) is 0 Å². The highest BCUT2D eigenvalue weighted by atomic mass is 16.5. The van der Waals surface area contributed by atoms with E-state index in [2.05, 4.69) is 26.0 Å². The fraction of sp³-hybridized carbons (Fsp3) is 0.647. The van der Waals surface area contributed by atoms with E-state index in [1.807, 2.05) is 6.07 Å². The lowest BCUT2D eigenvalue weighted by atomic mass is 9.77. The van der Waals surface area contributed by atoms with Gasteiger partial charge in [-0.25, -0.2) is 0 Å². The van der Waals surface area contributed by atoms with Gasteiger partial charge in [-0.2, -0.15) is 0 Å². The van der Waals surface area contributed by atoms with Gasteiger partial charge in [-0.3, -0.25) is 0 Å². The fourth-order valence-corrected chi connectivity index (χ4v) is 3.70. The number of benzene rings is 1. The first-order chi connectivity index (χ1) is 9.13. The van der Waals surface area contributed by atoms with Crippen LogP contribution in [-0.4, -0.2) is 11.2 Å². The van der Waals surface area contributed by atoms with E-state index >= 15 is 0 Å². The van der Waals surface area contributed by atoms with Crippen molar-refractivity contribution >= 4 is 0 Å². The first kappa shape index (κ1) is 13.0. The molecule has 2 heteroatoms. The molecule has 2 aliphatic rings. The van der Waals surface area contributed by atoms with Crippen molar-refractivity contribution in [3.63, 3.8) is 0 Å². The van der Waals surface area contributed by atoms with Crippen LogP contribution < -0.4 is 4.74 Å². The van der Waals surface area contributed by atoms with Crippen molar-refractivity contribution in [2.24, 2.45) is 11.8 Å². The van der Waals surface area contributed by atoms with Crippen molar-refractivity contribution in [1.29, 1.82) is 0 Å². The molecule has 104 valence electrons. The molecule has 1 fully saturated rings. The molecular formula is C17H24O2. The Labute approximate surface area is 115 Å². The van der Waals surface area contributed by atoms with Crippen LogP contribution in [0.3, 0.4) is 0 Å². The van der Waals surface area contributed by atoms with Gasteiger partial charge in [0.2, 0.25) is 0 Å². The largest absolute Gasteiger partial charge is 0.490 e. The summed E-state index contributed by atoms with van der Waals surface area (Å²) >= 11 is 0. The summed E-state index contributed by atoms with van der Waals surface area (Å²) in [6, 6.07) is 6.14. The highest BCUT2D eigenvalue weighted by molar-refractivity contribution is 5.40. The summed E-state index contributed by atoms with van der Waals surface area (Å²) in [5.74, 6) is 2.32. The van der Waals surface area contributed by atoms with Crippen LogP contribution in [0.25, 0.3) is 0 Å². The number of rotatable bonds is 1. The molecule has 0 spiro atoms. The predicted molar refractivity (Wildman–Crippen MR) is 76.3 cm³/mol.